The lowest BCUT2D eigenvalue weighted by Gasteiger charge is -2.36. The van der Waals surface area contributed by atoms with E-state index < -0.39 is 0 Å². The summed E-state index contributed by atoms with van der Waals surface area (Å²) in [5.41, 5.74) is 7.76. The van der Waals surface area contributed by atoms with Gasteiger partial charge < -0.3 is 5.73 Å². The minimum Gasteiger partial charge on any atom is -0.323 e. The van der Waals surface area contributed by atoms with Crippen molar-refractivity contribution in [3.8, 4) is 0 Å². The fourth-order valence-corrected chi connectivity index (χ4v) is 3.58. The van der Waals surface area contributed by atoms with Crippen molar-refractivity contribution in [3.05, 3.63) is 35.9 Å². The van der Waals surface area contributed by atoms with E-state index in [-0.39, 0.29) is 6.04 Å². The van der Waals surface area contributed by atoms with Gasteiger partial charge in [-0.1, -0.05) is 36.8 Å². The third-order valence-corrected chi connectivity index (χ3v) is 4.49. The Labute approximate surface area is 104 Å². The molecule has 0 aliphatic carbocycles. The van der Waals surface area contributed by atoms with Gasteiger partial charge in [-0.3, -0.25) is 4.90 Å². The number of fused-ring (bicyclic) bond motifs is 1. The fraction of sp³-hybridized carbons (Fsp3) is 0.600. The predicted molar refractivity (Wildman–Crippen MR) is 70.7 cm³/mol. The molecule has 3 atom stereocenters. The van der Waals surface area contributed by atoms with Gasteiger partial charge in [0, 0.05) is 18.1 Å². The quantitative estimate of drug-likeness (QED) is 0.846. The molecule has 2 aliphatic heterocycles. The van der Waals surface area contributed by atoms with E-state index in [9.17, 15) is 0 Å². The van der Waals surface area contributed by atoms with Gasteiger partial charge in [-0.2, -0.15) is 0 Å². The second-order valence-electron chi connectivity index (χ2n) is 5.47. The average Bonchev–Trinajstić information content (AvgIpc) is 2.83. The highest BCUT2D eigenvalue weighted by molar-refractivity contribution is 5.21. The molecule has 1 aromatic carbocycles. The Morgan fingerprint density at radius 2 is 1.88 bits per heavy atom. The molecule has 2 nitrogen and oxygen atoms in total. The van der Waals surface area contributed by atoms with Crippen LogP contribution in [0, 0.1) is 0 Å². The summed E-state index contributed by atoms with van der Waals surface area (Å²) < 4.78 is 0. The standard InChI is InChI=1S/C15H22N2/c16-15(12-6-2-1-3-7-12)14-10-9-13-8-4-5-11-17(13)14/h1-3,6-7,13-15H,4-5,8-11,16H2. The van der Waals surface area contributed by atoms with Crippen LogP contribution in [0.3, 0.4) is 0 Å². The van der Waals surface area contributed by atoms with Crippen LogP contribution in [0.2, 0.25) is 0 Å². The van der Waals surface area contributed by atoms with Gasteiger partial charge in [0.25, 0.3) is 0 Å². The molecule has 2 heterocycles. The van der Waals surface area contributed by atoms with E-state index in [1.807, 2.05) is 0 Å². The van der Waals surface area contributed by atoms with Gasteiger partial charge >= 0.3 is 0 Å². The van der Waals surface area contributed by atoms with Crippen molar-refractivity contribution in [2.45, 2.75) is 50.2 Å². The van der Waals surface area contributed by atoms with E-state index in [4.69, 9.17) is 5.73 Å². The SMILES string of the molecule is NC(c1ccccc1)C1CCC2CCCCN21. The molecule has 0 bridgehead atoms. The number of hydrogen-bond acceptors (Lipinski definition) is 2. The maximum absolute atomic E-state index is 6.47. The third kappa shape index (κ3) is 2.12. The van der Waals surface area contributed by atoms with Crippen molar-refractivity contribution in [1.29, 1.82) is 0 Å². The molecule has 0 aromatic heterocycles. The summed E-state index contributed by atoms with van der Waals surface area (Å²) in [6.07, 6.45) is 6.78. The van der Waals surface area contributed by atoms with Gasteiger partial charge in [-0.15, -0.1) is 0 Å². The zero-order valence-electron chi connectivity index (χ0n) is 10.4. The molecule has 2 fully saturated rings. The van der Waals surface area contributed by atoms with Crippen molar-refractivity contribution < 1.29 is 0 Å². The van der Waals surface area contributed by atoms with Crippen LogP contribution in [0.5, 0.6) is 0 Å². The number of benzene rings is 1. The Hall–Kier alpha value is -0.860. The molecule has 1 aromatic rings. The molecule has 0 amide bonds. The molecule has 3 rings (SSSR count). The first-order valence-corrected chi connectivity index (χ1v) is 6.92. The second-order valence-corrected chi connectivity index (χ2v) is 5.47. The lowest BCUT2D eigenvalue weighted by Crippen LogP contribution is -2.44. The summed E-state index contributed by atoms with van der Waals surface area (Å²) in [6, 6.07) is 12.2. The first-order chi connectivity index (χ1) is 8.36. The average molecular weight is 230 g/mol. The predicted octanol–water partition coefficient (Wildman–Crippen LogP) is 2.70. The monoisotopic (exact) mass is 230 g/mol. The summed E-state index contributed by atoms with van der Waals surface area (Å²) in [5, 5.41) is 0. The van der Waals surface area contributed by atoms with Gasteiger partial charge in [0.05, 0.1) is 0 Å². The molecule has 2 saturated heterocycles. The van der Waals surface area contributed by atoms with Crippen molar-refractivity contribution in [1.82, 2.24) is 4.90 Å². The Kier molecular flexibility index (Phi) is 3.17. The molecule has 17 heavy (non-hydrogen) atoms. The minimum absolute atomic E-state index is 0.194. The van der Waals surface area contributed by atoms with Crippen LogP contribution in [-0.2, 0) is 0 Å². The molecular formula is C15H22N2. The number of nitrogens with zero attached hydrogens (tertiary/aromatic N) is 1. The summed E-state index contributed by atoms with van der Waals surface area (Å²) in [5.74, 6) is 0. The summed E-state index contributed by atoms with van der Waals surface area (Å²) in [4.78, 5) is 2.68. The van der Waals surface area contributed by atoms with E-state index in [1.54, 1.807) is 0 Å². The molecule has 0 spiro atoms. The fourth-order valence-electron chi connectivity index (χ4n) is 3.58. The number of rotatable bonds is 2. The van der Waals surface area contributed by atoms with Gasteiger partial charge in [0.2, 0.25) is 0 Å². The van der Waals surface area contributed by atoms with E-state index >= 15 is 0 Å². The smallest absolute Gasteiger partial charge is 0.0453 e. The lowest BCUT2D eigenvalue weighted by molar-refractivity contribution is 0.134. The number of hydrogen-bond donors (Lipinski definition) is 1. The molecule has 0 saturated carbocycles. The molecule has 2 heteroatoms. The molecule has 2 aliphatic rings. The Morgan fingerprint density at radius 1 is 1.06 bits per heavy atom. The van der Waals surface area contributed by atoms with E-state index in [2.05, 4.69) is 35.2 Å². The zero-order valence-corrected chi connectivity index (χ0v) is 10.4. The van der Waals surface area contributed by atoms with Crippen LogP contribution in [0.1, 0.15) is 43.7 Å². The van der Waals surface area contributed by atoms with Crippen molar-refractivity contribution in [3.63, 3.8) is 0 Å². The number of nitrogens with two attached hydrogens (primary N) is 1. The second kappa shape index (κ2) is 4.79. The molecular weight excluding hydrogens is 208 g/mol. The van der Waals surface area contributed by atoms with E-state index in [0.29, 0.717) is 6.04 Å². The third-order valence-electron chi connectivity index (χ3n) is 4.49. The van der Waals surface area contributed by atoms with Crippen LogP contribution in [-0.4, -0.2) is 23.5 Å². The van der Waals surface area contributed by atoms with Crippen LogP contribution in [0.4, 0.5) is 0 Å². The van der Waals surface area contributed by atoms with Gasteiger partial charge in [0.15, 0.2) is 0 Å². The van der Waals surface area contributed by atoms with Crippen LogP contribution in [0.15, 0.2) is 30.3 Å². The Balaban J connectivity index is 1.76. The maximum atomic E-state index is 6.47. The summed E-state index contributed by atoms with van der Waals surface area (Å²) in [7, 11) is 0. The topological polar surface area (TPSA) is 29.3 Å². The highest BCUT2D eigenvalue weighted by Crippen LogP contribution is 2.36. The lowest BCUT2D eigenvalue weighted by atomic mass is 9.98. The molecule has 3 unspecified atom stereocenters. The van der Waals surface area contributed by atoms with E-state index in [0.717, 1.165) is 6.04 Å². The minimum atomic E-state index is 0.194. The summed E-state index contributed by atoms with van der Waals surface area (Å²) in [6.45, 7) is 1.26. The van der Waals surface area contributed by atoms with Crippen molar-refractivity contribution >= 4 is 0 Å². The molecule has 0 radical (unpaired) electrons. The van der Waals surface area contributed by atoms with Gasteiger partial charge in [0.1, 0.15) is 0 Å². The van der Waals surface area contributed by atoms with Crippen LogP contribution < -0.4 is 5.73 Å². The first-order valence-electron chi connectivity index (χ1n) is 6.92. The largest absolute Gasteiger partial charge is 0.323 e. The zero-order chi connectivity index (χ0) is 11.7. The molecule has 92 valence electrons. The van der Waals surface area contributed by atoms with E-state index in [1.165, 1.54) is 44.2 Å². The Bertz CT molecular complexity index is 362. The normalized spacial score (nSPS) is 31.1. The first kappa shape index (κ1) is 11.2. The van der Waals surface area contributed by atoms with Crippen LogP contribution in [0.25, 0.3) is 0 Å². The highest BCUT2D eigenvalue weighted by atomic mass is 15.2. The van der Waals surface area contributed by atoms with Crippen molar-refractivity contribution in [2.24, 2.45) is 5.73 Å². The van der Waals surface area contributed by atoms with Gasteiger partial charge in [-0.05, 0) is 37.8 Å². The van der Waals surface area contributed by atoms with Gasteiger partial charge in [-0.25, -0.2) is 0 Å². The highest BCUT2D eigenvalue weighted by Gasteiger charge is 2.37. The van der Waals surface area contributed by atoms with Crippen LogP contribution >= 0.6 is 0 Å². The number of piperidine rings is 1. The Morgan fingerprint density at radius 3 is 2.71 bits per heavy atom. The maximum Gasteiger partial charge on any atom is 0.0453 e. The summed E-state index contributed by atoms with van der Waals surface area (Å²) >= 11 is 0. The van der Waals surface area contributed by atoms with Crippen molar-refractivity contribution in [2.75, 3.05) is 6.54 Å². The molecule has 2 N–H and O–H groups in total.